The quantitative estimate of drug-likeness (QED) is 0.641. The van der Waals surface area contributed by atoms with E-state index in [1.165, 1.54) is 26.1 Å². The zero-order valence-electron chi connectivity index (χ0n) is 7.75. The van der Waals surface area contributed by atoms with Crippen molar-refractivity contribution in [2.75, 3.05) is 39.9 Å². The van der Waals surface area contributed by atoms with Crippen LogP contribution in [0.1, 0.15) is 6.42 Å². The second-order valence-corrected chi connectivity index (χ2v) is 4.06. The molecular formula is C9H18N2O. The zero-order valence-corrected chi connectivity index (χ0v) is 7.75. The minimum Gasteiger partial charge on any atom is -0.378 e. The summed E-state index contributed by atoms with van der Waals surface area (Å²) in [4.78, 5) is 2.41. The Bertz CT molecular complexity index is 147. The third-order valence-corrected chi connectivity index (χ3v) is 2.82. The first kappa shape index (κ1) is 8.48. The lowest BCUT2D eigenvalue weighted by Crippen LogP contribution is -2.47. The lowest BCUT2D eigenvalue weighted by molar-refractivity contribution is -0.00629. The van der Waals surface area contributed by atoms with E-state index in [0.29, 0.717) is 6.04 Å². The van der Waals surface area contributed by atoms with E-state index in [1.54, 1.807) is 0 Å². The molecule has 0 aromatic heterocycles. The van der Waals surface area contributed by atoms with Crippen molar-refractivity contribution in [3.63, 3.8) is 0 Å². The van der Waals surface area contributed by atoms with E-state index in [1.807, 2.05) is 0 Å². The first-order chi connectivity index (χ1) is 5.84. The predicted octanol–water partition coefficient (Wildman–Crippen LogP) is -0.0735. The highest BCUT2D eigenvalue weighted by atomic mass is 16.5. The van der Waals surface area contributed by atoms with Crippen LogP contribution in [-0.2, 0) is 4.74 Å². The van der Waals surface area contributed by atoms with Crippen molar-refractivity contribution in [3.05, 3.63) is 0 Å². The van der Waals surface area contributed by atoms with Crippen LogP contribution in [0.4, 0.5) is 0 Å². The van der Waals surface area contributed by atoms with Crippen LogP contribution in [0, 0.1) is 5.92 Å². The molecule has 2 aliphatic rings. The Hall–Kier alpha value is -0.120. The maximum atomic E-state index is 5.10. The first-order valence-corrected chi connectivity index (χ1v) is 4.84. The predicted molar refractivity (Wildman–Crippen MR) is 48.2 cm³/mol. The average molecular weight is 170 g/mol. The Kier molecular flexibility index (Phi) is 2.63. The summed E-state index contributed by atoms with van der Waals surface area (Å²) in [5, 5.41) is 3.53. The largest absolute Gasteiger partial charge is 0.378 e. The van der Waals surface area contributed by atoms with Crippen molar-refractivity contribution < 1.29 is 4.74 Å². The van der Waals surface area contributed by atoms with E-state index in [4.69, 9.17) is 4.74 Å². The third kappa shape index (κ3) is 1.97. The van der Waals surface area contributed by atoms with Gasteiger partial charge in [-0.3, -0.25) is 0 Å². The Morgan fingerprint density at radius 3 is 2.83 bits per heavy atom. The van der Waals surface area contributed by atoms with Gasteiger partial charge >= 0.3 is 0 Å². The van der Waals surface area contributed by atoms with Crippen LogP contribution in [-0.4, -0.2) is 50.8 Å². The summed E-state index contributed by atoms with van der Waals surface area (Å²) in [7, 11) is 2.20. The van der Waals surface area contributed by atoms with Gasteiger partial charge in [-0.25, -0.2) is 0 Å². The van der Waals surface area contributed by atoms with Crippen molar-refractivity contribution in [3.8, 4) is 0 Å². The highest BCUT2D eigenvalue weighted by Crippen LogP contribution is 2.13. The van der Waals surface area contributed by atoms with Gasteiger partial charge in [0.15, 0.2) is 0 Å². The Balaban J connectivity index is 1.60. The van der Waals surface area contributed by atoms with Crippen molar-refractivity contribution in [1.29, 1.82) is 0 Å². The smallest absolute Gasteiger partial charge is 0.0643 e. The van der Waals surface area contributed by atoms with Gasteiger partial charge in [0.1, 0.15) is 0 Å². The minimum absolute atomic E-state index is 0.649. The summed E-state index contributed by atoms with van der Waals surface area (Å²) >= 11 is 0. The van der Waals surface area contributed by atoms with Gasteiger partial charge in [-0.2, -0.15) is 0 Å². The molecule has 12 heavy (non-hydrogen) atoms. The van der Waals surface area contributed by atoms with Crippen LogP contribution in [0.2, 0.25) is 0 Å². The fourth-order valence-electron chi connectivity index (χ4n) is 1.88. The lowest BCUT2D eigenvalue weighted by Gasteiger charge is -2.28. The highest BCUT2D eigenvalue weighted by molar-refractivity contribution is 4.79. The molecule has 0 bridgehead atoms. The fourth-order valence-corrected chi connectivity index (χ4v) is 1.88. The molecule has 3 nitrogen and oxygen atoms in total. The molecule has 2 saturated heterocycles. The molecule has 2 rings (SSSR count). The van der Waals surface area contributed by atoms with E-state index in [-0.39, 0.29) is 0 Å². The fraction of sp³-hybridized carbons (Fsp3) is 1.00. The maximum Gasteiger partial charge on any atom is 0.0643 e. The number of hydrogen-bond donors (Lipinski definition) is 1. The van der Waals surface area contributed by atoms with Gasteiger partial charge in [0.25, 0.3) is 0 Å². The molecule has 70 valence electrons. The molecule has 0 aromatic carbocycles. The summed E-state index contributed by atoms with van der Waals surface area (Å²) < 4.78 is 5.10. The lowest BCUT2D eigenvalue weighted by atomic mass is 10.1. The third-order valence-electron chi connectivity index (χ3n) is 2.82. The molecule has 0 saturated carbocycles. The SMILES string of the molecule is CN1CCC(CNC2COC2)C1. The number of likely N-dealkylation sites (tertiary alicyclic amines) is 1. The molecule has 0 spiro atoms. The topological polar surface area (TPSA) is 24.5 Å². The van der Waals surface area contributed by atoms with E-state index in [0.717, 1.165) is 19.1 Å². The number of rotatable bonds is 3. The van der Waals surface area contributed by atoms with Crippen LogP contribution in [0.25, 0.3) is 0 Å². The van der Waals surface area contributed by atoms with Crippen LogP contribution in [0.15, 0.2) is 0 Å². The molecular weight excluding hydrogens is 152 g/mol. The van der Waals surface area contributed by atoms with Crippen molar-refractivity contribution in [2.45, 2.75) is 12.5 Å². The molecule has 0 amide bonds. The standard InChI is InChI=1S/C9H18N2O/c1-11-3-2-8(5-11)4-10-9-6-12-7-9/h8-10H,2-7H2,1H3. The van der Waals surface area contributed by atoms with Gasteiger partial charge in [-0.1, -0.05) is 0 Å². The second-order valence-electron chi connectivity index (χ2n) is 4.06. The molecule has 0 aromatic rings. The number of nitrogens with zero attached hydrogens (tertiary/aromatic N) is 1. The molecule has 2 fully saturated rings. The molecule has 1 atom stereocenters. The number of ether oxygens (including phenoxy) is 1. The Morgan fingerprint density at radius 2 is 2.33 bits per heavy atom. The normalized spacial score (nSPS) is 32.2. The average Bonchev–Trinajstić information content (AvgIpc) is 2.32. The first-order valence-electron chi connectivity index (χ1n) is 4.84. The Labute approximate surface area is 74.1 Å². The molecule has 3 heteroatoms. The van der Waals surface area contributed by atoms with E-state index < -0.39 is 0 Å². The van der Waals surface area contributed by atoms with Gasteiger partial charge in [-0.05, 0) is 32.5 Å². The van der Waals surface area contributed by atoms with Crippen molar-refractivity contribution in [2.24, 2.45) is 5.92 Å². The molecule has 2 aliphatic heterocycles. The van der Waals surface area contributed by atoms with Crippen LogP contribution in [0.3, 0.4) is 0 Å². The summed E-state index contributed by atoms with van der Waals surface area (Å²) in [6.45, 7) is 5.55. The minimum atomic E-state index is 0.649. The van der Waals surface area contributed by atoms with Gasteiger partial charge < -0.3 is 15.0 Å². The van der Waals surface area contributed by atoms with E-state index >= 15 is 0 Å². The highest BCUT2D eigenvalue weighted by Gasteiger charge is 2.22. The van der Waals surface area contributed by atoms with Gasteiger partial charge in [-0.15, -0.1) is 0 Å². The van der Waals surface area contributed by atoms with E-state index in [2.05, 4.69) is 17.3 Å². The zero-order chi connectivity index (χ0) is 8.39. The summed E-state index contributed by atoms with van der Waals surface area (Å²) in [6, 6.07) is 0.649. The van der Waals surface area contributed by atoms with E-state index in [9.17, 15) is 0 Å². The van der Waals surface area contributed by atoms with Crippen LogP contribution in [0.5, 0.6) is 0 Å². The maximum absolute atomic E-state index is 5.10. The number of hydrogen-bond acceptors (Lipinski definition) is 3. The molecule has 2 heterocycles. The summed E-state index contributed by atoms with van der Waals surface area (Å²) in [5.74, 6) is 0.871. The number of nitrogens with one attached hydrogen (secondary N) is 1. The van der Waals surface area contributed by atoms with Crippen LogP contribution >= 0.6 is 0 Å². The molecule has 0 radical (unpaired) electrons. The molecule has 1 unspecified atom stereocenters. The second kappa shape index (κ2) is 3.73. The monoisotopic (exact) mass is 170 g/mol. The Morgan fingerprint density at radius 1 is 1.50 bits per heavy atom. The summed E-state index contributed by atoms with van der Waals surface area (Å²) in [5.41, 5.74) is 0. The summed E-state index contributed by atoms with van der Waals surface area (Å²) in [6.07, 6.45) is 1.36. The van der Waals surface area contributed by atoms with Crippen molar-refractivity contribution >= 4 is 0 Å². The van der Waals surface area contributed by atoms with Gasteiger partial charge in [0, 0.05) is 6.54 Å². The molecule has 0 aliphatic carbocycles. The van der Waals surface area contributed by atoms with Gasteiger partial charge in [0.05, 0.1) is 19.3 Å². The van der Waals surface area contributed by atoms with Gasteiger partial charge in [0.2, 0.25) is 0 Å². The van der Waals surface area contributed by atoms with Crippen LogP contribution < -0.4 is 5.32 Å². The molecule has 1 N–H and O–H groups in total. The van der Waals surface area contributed by atoms with Crippen molar-refractivity contribution in [1.82, 2.24) is 10.2 Å².